The van der Waals surface area contributed by atoms with Crippen LogP contribution in [0.1, 0.15) is 13.3 Å². The van der Waals surface area contributed by atoms with Gasteiger partial charge in [0.2, 0.25) is 5.91 Å². The Balaban J connectivity index is 1.34. The topological polar surface area (TPSA) is 97.0 Å². The first-order chi connectivity index (χ1) is 16.9. The fourth-order valence-corrected chi connectivity index (χ4v) is 4.81. The highest BCUT2D eigenvalue weighted by atomic mass is 32.2. The van der Waals surface area contributed by atoms with Crippen molar-refractivity contribution in [3.05, 3.63) is 66.7 Å². The number of ether oxygens (including phenoxy) is 2. The summed E-state index contributed by atoms with van der Waals surface area (Å²) in [6.45, 7) is 1.37. The fraction of sp³-hybridized carbons (Fsp3) is 0.192. The molecular weight excluding hydrogens is 466 g/mol. The zero-order chi connectivity index (χ0) is 24.8. The third-order valence-electron chi connectivity index (χ3n) is 5.23. The van der Waals surface area contributed by atoms with E-state index in [2.05, 4.69) is 27.7 Å². The predicted octanol–water partition coefficient (Wildman–Crippen LogP) is 4.83. The fourth-order valence-electron chi connectivity index (χ4n) is 3.72. The van der Waals surface area contributed by atoms with E-state index in [9.17, 15) is 14.4 Å². The number of amides is 2. The highest BCUT2D eigenvalue weighted by Crippen LogP contribution is 2.47. The monoisotopic (exact) mass is 491 g/mol. The number of hydrogen-bond acceptors (Lipinski definition) is 7. The normalized spacial score (nSPS) is 11.7. The number of carbonyl (C=O) groups is 3. The maximum absolute atomic E-state index is 12.5. The summed E-state index contributed by atoms with van der Waals surface area (Å²) in [7, 11) is 1.47. The van der Waals surface area contributed by atoms with Crippen molar-refractivity contribution < 1.29 is 23.9 Å². The molecule has 0 unspecified atom stereocenters. The van der Waals surface area contributed by atoms with E-state index < -0.39 is 18.5 Å². The van der Waals surface area contributed by atoms with Crippen molar-refractivity contribution in [2.45, 2.75) is 23.1 Å². The minimum Gasteiger partial charge on any atom is -0.495 e. The Morgan fingerprint density at radius 2 is 1.57 bits per heavy atom. The molecule has 1 heterocycles. The summed E-state index contributed by atoms with van der Waals surface area (Å²) >= 11 is 1.70. The molecule has 0 atom stereocenters. The summed E-state index contributed by atoms with van der Waals surface area (Å²) in [6, 6.07) is 20.9. The number of rotatable bonds is 8. The predicted molar refractivity (Wildman–Crippen MR) is 136 cm³/mol. The SMILES string of the molecule is COc1ccc(NC(C)=O)cc1NC(=O)COC(=O)CCN1c2ccccc2Sc2ccccc21. The molecule has 0 aliphatic carbocycles. The second kappa shape index (κ2) is 11.0. The van der Waals surface area contributed by atoms with E-state index in [1.807, 2.05) is 36.4 Å². The van der Waals surface area contributed by atoms with Crippen LogP contribution in [0.25, 0.3) is 0 Å². The lowest BCUT2D eigenvalue weighted by molar-refractivity contribution is -0.147. The maximum atomic E-state index is 12.5. The first-order valence-electron chi connectivity index (χ1n) is 11.0. The van der Waals surface area contributed by atoms with Gasteiger partial charge in [0.05, 0.1) is 30.6 Å². The van der Waals surface area contributed by atoms with Crippen molar-refractivity contribution >= 4 is 52.3 Å². The highest BCUT2D eigenvalue weighted by Gasteiger charge is 2.23. The lowest BCUT2D eigenvalue weighted by Gasteiger charge is -2.32. The molecule has 0 saturated carbocycles. The Labute approximate surface area is 207 Å². The number of para-hydroxylation sites is 2. The Morgan fingerprint density at radius 1 is 0.914 bits per heavy atom. The molecular formula is C26H25N3O5S. The number of hydrogen-bond donors (Lipinski definition) is 2. The molecule has 0 aromatic heterocycles. The van der Waals surface area contributed by atoms with Gasteiger partial charge in [0, 0.05) is 28.9 Å². The van der Waals surface area contributed by atoms with Gasteiger partial charge in [-0.05, 0) is 42.5 Å². The molecule has 8 nitrogen and oxygen atoms in total. The molecule has 2 N–H and O–H groups in total. The molecule has 3 aromatic carbocycles. The average Bonchev–Trinajstić information content (AvgIpc) is 2.85. The van der Waals surface area contributed by atoms with Gasteiger partial charge in [-0.3, -0.25) is 14.4 Å². The Kier molecular flexibility index (Phi) is 7.57. The Bertz CT molecular complexity index is 1220. The number of nitrogens with zero attached hydrogens (tertiary/aromatic N) is 1. The van der Waals surface area contributed by atoms with Crippen LogP contribution in [-0.4, -0.2) is 38.0 Å². The van der Waals surface area contributed by atoms with Gasteiger partial charge in [0.25, 0.3) is 5.91 Å². The lowest BCUT2D eigenvalue weighted by Crippen LogP contribution is -2.26. The second-order valence-electron chi connectivity index (χ2n) is 7.74. The molecule has 0 fully saturated rings. The van der Waals surface area contributed by atoms with Crippen LogP contribution in [0.3, 0.4) is 0 Å². The molecule has 180 valence electrons. The molecule has 2 amide bonds. The van der Waals surface area contributed by atoms with Crippen LogP contribution in [0.2, 0.25) is 0 Å². The number of fused-ring (bicyclic) bond motifs is 2. The largest absolute Gasteiger partial charge is 0.495 e. The van der Waals surface area contributed by atoms with E-state index in [0.717, 1.165) is 21.2 Å². The molecule has 0 spiro atoms. The zero-order valence-corrected chi connectivity index (χ0v) is 20.2. The van der Waals surface area contributed by atoms with Crippen LogP contribution in [0.5, 0.6) is 5.75 Å². The summed E-state index contributed by atoms with van der Waals surface area (Å²) < 4.78 is 10.5. The first kappa shape index (κ1) is 24.2. The lowest BCUT2D eigenvalue weighted by atomic mass is 10.2. The molecule has 0 bridgehead atoms. The number of carbonyl (C=O) groups excluding carboxylic acids is 3. The van der Waals surface area contributed by atoms with Gasteiger partial charge >= 0.3 is 5.97 Å². The van der Waals surface area contributed by atoms with Gasteiger partial charge in [0.1, 0.15) is 5.75 Å². The second-order valence-corrected chi connectivity index (χ2v) is 8.83. The number of benzene rings is 3. The standard InChI is InChI=1S/C26H25N3O5S/c1-17(30)27-18-11-12-22(33-2)19(15-18)28-25(31)16-34-26(32)13-14-29-20-7-3-5-9-23(20)35-24-10-6-4-8-21(24)29/h3-12,15H,13-14,16H2,1-2H3,(H,27,30)(H,28,31). The van der Waals surface area contributed by atoms with E-state index >= 15 is 0 Å². The van der Waals surface area contributed by atoms with Crippen LogP contribution in [-0.2, 0) is 19.1 Å². The third-order valence-corrected chi connectivity index (χ3v) is 6.36. The number of anilines is 4. The smallest absolute Gasteiger partial charge is 0.308 e. The minimum absolute atomic E-state index is 0.113. The maximum Gasteiger partial charge on any atom is 0.308 e. The van der Waals surface area contributed by atoms with Crippen molar-refractivity contribution in [2.24, 2.45) is 0 Å². The van der Waals surface area contributed by atoms with Gasteiger partial charge in [-0.25, -0.2) is 0 Å². The van der Waals surface area contributed by atoms with Crippen LogP contribution in [0, 0.1) is 0 Å². The molecule has 3 aromatic rings. The van der Waals surface area contributed by atoms with Crippen molar-refractivity contribution in [1.82, 2.24) is 0 Å². The van der Waals surface area contributed by atoms with Crippen molar-refractivity contribution in [3.8, 4) is 5.75 Å². The molecule has 1 aliphatic heterocycles. The van der Waals surface area contributed by atoms with Crippen LogP contribution in [0.15, 0.2) is 76.5 Å². The van der Waals surface area contributed by atoms with E-state index in [0.29, 0.717) is 23.7 Å². The molecule has 35 heavy (non-hydrogen) atoms. The van der Waals surface area contributed by atoms with Crippen molar-refractivity contribution in [2.75, 3.05) is 35.8 Å². The van der Waals surface area contributed by atoms with Crippen LogP contribution in [0.4, 0.5) is 22.7 Å². The number of methoxy groups -OCH3 is 1. The zero-order valence-electron chi connectivity index (χ0n) is 19.4. The molecule has 4 rings (SSSR count). The summed E-state index contributed by atoms with van der Waals surface area (Å²) in [5, 5.41) is 5.30. The summed E-state index contributed by atoms with van der Waals surface area (Å²) in [6.07, 6.45) is 0.113. The third kappa shape index (κ3) is 5.93. The van der Waals surface area contributed by atoms with Gasteiger partial charge in [0.15, 0.2) is 6.61 Å². The van der Waals surface area contributed by atoms with Crippen molar-refractivity contribution in [1.29, 1.82) is 0 Å². The first-order valence-corrected chi connectivity index (χ1v) is 11.8. The number of esters is 1. The average molecular weight is 492 g/mol. The Hall–Kier alpha value is -3.98. The molecule has 0 radical (unpaired) electrons. The molecule has 9 heteroatoms. The van der Waals surface area contributed by atoms with E-state index in [4.69, 9.17) is 9.47 Å². The van der Waals surface area contributed by atoms with Gasteiger partial charge in [-0.15, -0.1) is 0 Å². The van der Waals surface area contributed by atoms with Crippen molar-refractivity contribution in [3.63, 3.8) is 0 Å². The van der Waals surface area contributed by atoms with Gasteiger partial charge in [-0.1, -0.05) is 36.0 Å². The number of nitrogens with one attached hydrogen (secondary N) is 2. The summed E-state index contributed by atoms with van der Waals surface area (Å²) in [4.78, 5) is 40.5. The highest BCUT2D eigenvalue weighted by molar-refractivity contribution is 7.99. The molecule has 1 aliphatic rings. The quantitative estimate of drug-likeness (QED) is 0.436. The Morgan fingerprint density at radius 3 is 2.20 bits per heavy atom. The summed E-state index contributed by atoms with van der Waals surface area (Å²) in [5.74, 6) is -0.813. The van der Waals surface area contributed by atoms with Crippen LogP contribution >= 0.6 is 11.8 Å². The van der Waals surface area contributed by atoms with Gasteiger partial charge in [-0.2, -0.15) is 0 Å². The molecule has 0 saturated heterocycles. The van der Waals surface area contributed by atoms with Gasteiger partial charge < -0.3 is 25.0 Å². The van der Waals surface area contributed by atoms with E-state index in [1.54, 1.807) is 30.0 Å². The summed E-state index contributed by atoms with van der Waals surface area (Å²) in [5.41, 5.74) is 2.94. The van der Waals surface area contributed by atoms with E-state index in [-0.39, 0.29) is 12.3 Å². The minimum atomic E-state index is -0.512. The van der Waals surface area contributed by atoms with E-state index in [1.165, 1.54) is 14.0 Å². The van der Waals surface area contributed by atoms with Crippen LogP contribution < -0.4 is 20.3 Å².